The molecule has 0 fully saturated rings. The summed E-state index contributed by atoms with van der Waals surface area (Å²) in [6, 6.07) is 9.69. The van der Waals surface area contributed by atoms with Crippen LogP contribution >= 0.6 is 0 Å². The smallest absolute Gasteiger partial charge is 0.303 e. The molecule has 1 aromatic heterocycles. The van der Waals surface area contributed by atoms with Crippen LogP contribution in [0.2, 0.25) is 0 Å². The summed E-state index contributed by atoms with van der Waals surface area (Å²) in [5.74, 6) is -0.729. The van der Waals surface area contributed by atoms with E-state index in [0.29, 0.717) is 19.5 Å². The normalized spacial score (nSPS) is 18.9. The topological polar surface area (TPSA) is 87.5 Å². The number of hydrogen-bond acceptors (Lipinski definition) is 4. The molecule has 1 unspecified atom stereocenters. The molecule has 3 heterocycles. The lowest BCUT2D eigenvalue weighted by Crippen LogP contribution is -2.38. The Bertz CT molecular complexity index is 845. The van der Waals surface area contributed by atoms with Crippen LogP contribution in [0.1, 0.15) is 41.4 Å². The SMILES string of the molecule is O=C(O)CCc1cc2n(n1)CCCN(C(=O)C1NCc3ccccc31)C2. The number of carboxylic acids is 1. The lowest BCUT2D eigenvalue weighted by Gasteiger charge is -2.24. The molecule has 7 heteroatoms. The summed E-state index contributed by atoms with van der Waals surface area (Å²) in [6.45, 7) is 2.69. The van der Waals surface area contributed by atoms with Gasteiger partial charge >= 0.3 is 5.97 Å². The second kappa shape index (κ2) is 6.92. The first-order chi connectivity index (χ1) is 12.6. The van der Waals surface area contributed by atoms with E-state index in [1.54, 1.807) is 0 Å². The van der Waals surface area contributed by atoms with Crippen molar-refractivity contribution in [2.24, 2.45) is 0 Å². The monoisotopic (exact) mass is 354 g/mol. The number of amides is 1. The van der Waals surface area contributed by atoms with Crippen LogP contribution in [-0.2, 0) is 35.6 Å². The van der Waals surface area contributed by atoms with Gasteiger partial charge in [0.25, 0.3) is 0 Å². The third-order valence-corrected chi connectivity index (χ3v) is 5.08. The molecule has 1 amide bonds. The van der Waals surface area contributed by atoms with Crippen LogP contribution in [-0.4, -0.2) is 38.2 Å². The summed E-state index contributed by atoms with van der Waals surface area (Å²) in [7, 11) is 0. The van der Waals surface area contributed by atoms with Crippen LogP contribution in [0.3, 0.4) is 0 Å². The minimum Gasteiger partial charge on any atom is -0.481 e. The van der Waals surface area contributed by atoms with Crippen molar-refractivity contribution in [3.05, 3.63) is 52.8 Å². The number of aliphatic carboxylic acids is 1. The number of benzene rings is 1. The van der Waals surface area contributed by atoms with Crippen LogP contribution in [0.15, 0.2) is 30.3 Å². The van der Waals surface area contributed by atoms with Gasteiger partial charge in [0, 0.05) is 26.1 Å². The van der Waals surface area contributed by atoms with E-state index in [1.807, 2.05) is 33.8 Å². The number of rotatable bonds is 4. The van der Waals surface area contributed by atoms with E-state index in [4.69, 9.17) is 5.11 Å². The second-order valence-electron chi connectivity index (χ2n) is 6.87. The van der Waals surface area contributed by atoms with Gasteiger partial charge in [-0.3, -0.25) is 19.6 Å². The van der Waals surface area contributed by atoms with E-state index < -0.39 is 5.97 Å². The van der Waals surface area contributed by atoms with Crippen LogP contribution in [0.5, 0.6) is 0 Å². The minimum atomic E-state index is -0.823. The predicted molar refractivity (Wildman–Crippen MR) is 94.2 cm³/mol. The molecule has 2 aliphatic rings. The zero-order chi connectivity index (χ0) is 18.1. The number of fused-ring (bicyclic) bond motifs is 2. The van der Waals surface area contributed by atoms with E-state index in [1.165, 1.54) is 5.56 Å². The van der Waals surface area contributed by atoms with E-state index in [2.05, 4.69) is 16.5 Å². The molecule has 0 aliphatic carbocycles. The summed E-state index contributed by atoms with van der Waals surface area (Å²) in [5.41, 5.74) is 4.00. The molecule has 1 aromatic carbocycles. The van der Waals surface area contributed by atoms with E-state index in [-0.39, 0.29) is 18.4 Å². The molecule has 0 spiro atoms. The van der Waals surface area contributed by atoms with Crippen molar-refractivity contribution in [1.29, 1.82) is 0 Å². The van der Waals surface area contributed by atoms with Gasteiger partial charge in [-0.25, -0.2) is 0 Å². The molecular weight excluding hydrogens is 332 g/mol. The number of aryl methyl sites for hydroxylation is 2. The van der Waals surface area contributed by atoms with Crippen LogP contribution in [0.25, 0.3) is 0 Å². The minimum absolute atomic E-state index is 0.0713. The van der Waals surface area contributed by atoms with Crippen LogP contribution in [0, 0.1) is 0 Å². The van der Waals surface area contributed by atoms with Crippen molar-refractivity contribution in [2.45, 2.75) is 44.9 Å². The molecule has 0 saturated heterocycles. The molecule has 2 aliphatic heterocycles. The molecule has 136 valence electrons. The lowest BCUT2D eigenvalue weighted by atomic mass is 10.0. The Morgan fingerprint density at radius 3 is 2.96 bits per heavy atom. The summed E-state index contributed by atoms with van der Waals surface area (Å²) in [4.78, 5) is 25.8. The van der Waals surface area contributed by atoms with E-state index in [0.717, 1.165) is 36.5 Å². The predicted octanol–water partition coefficient (Wildman–Crippen LogP) is 1.48. The van der Waals surface area contributed by atoms with Crippen molar-refractivity contribution in [1.82, 2.24) is 20.0 Å². The molecule has 26 heavy (non-hydrogen) atoms. The summed E-state index contributed by atoms with van der Waals surface area (Å²) >= 11 is 0. The highest BCUT2D eigenvalue weighted by atomic mass is 16.4. The Morgan fingerprint density at radius 2 is 2.12 bits per heavy atom. The third-order valence-electron chi connectivity index (χ3n) is 5.08. The highest BCUT2D eigenvalue weighted by Crippen LogP contribution is 2.28. The fourth-order valence-corrected chi connectivity index (χ4v) is 3.77. The van der Waals surface area contributed by atoms with E-state index >= 15 is 0 Å². The van der Waals surface area contributed by atoms with Crippen LogP contribution in [0.4, 0.5) is 0 Å². The molecule has 4 rings (SSSR count). The average molecular weight is 354 g/mol. The fourth-order valence-electron chi connectivity index (χ4n) is 3.77. The zero-order valence-corrected chi connectivity index (χ0v) is 14.5. The van der Waals surface area contributed by atoms with Crippen molar-refractivity contribution in [3.8, 4) is 0 Å². The second-order valence-corrected chi connectivity index (χ2v) is 6.87. The third kappa shape index (κ3) is 3.22. The van der Waals surface area contributed by atoms with Gasteiger partial charge in [0.15, 0.2) is 0 Å². The standard InChI is InChI=1S/C19H22N4O3/c24-17(25)7-6-14-10-15-12-22(8-3-9-23(15)21-14)19(26)18-16-5-2-1-4-13(16)11-20-18/h1-2,4-5,10,18,20H,3,6-9,11-12H2,(H,24,25). The van der Waals surface area contributed by atoms with Crippen molar-refractivity contribution < 1.29 is 14.7 Å². The van der Waals surface area contributed by atoms with Gasteiger partial charge in [-0.15, -0.1) is 0 Å². The van der Waals surface area contributed by atoms with Gasteiger partial charge < -0.3 is 10.0 Å². The van der Waals surface area contributed by atoms with Gasteiger partial charge in [-0.05, 0) is 23.6 Å². The quantitative estimate of drug-likeness (QED) is 0.868. The molecular formula is C19H22N4O3. The number of carbonyl (C=O) groups is 2. The van der Waals surface area contributed by atoms with Gasteiger partial charge in [0.05, 0.1) is 24.4 Å². The summed E-state index contributed by atoms with van der Waals surface area (Å²) < 4.78 is 1.92. The molecule has 2 aromatic rings. The molecule has 0 radical (unpaired) electrons. The molecule has 2 N–H and O–H groups in total. The Labute approximate surface area is 151 Å². The largest absolute Gasteiger partial charge is 0.481 e. The maximum atomic E-state index is 13.1. The Kier molecular flexibility index (Phi) is 4.46. The van der Waals surface area contributed by atoms with Gasteiger partial charge in [-0.2, -0.15) is 5.10 Å². The number of nitrogens with zero attached hydrogens (tertiary/aromatic N) is 3. The molecule has 7 nitrogen and oxygen atoms in total. The summed E-state index contributed by atoms with van der Waals surface area (Å²) in [6.07, 6.45) is 1.33. The van der Waals surface area contributed by atoms with Crippen molar-refractivity contribution in [3.63, 3.8) is 0 Å². The fraction of sp³-hybridized carbons (Fsp3) is 0.421. The first-order valence-electron chi connectivity index (χ1n) is 8.99. The maximum absolute atomic E-state index is 13.1. The van der Waals surface area contributed by atoms with Gasteiger partial charge in [0.2, 0.25) is 5.91 Å². The number of aromatic nitrogens is 2. The van der Waals surface area contributed by atoms with Crippen molar-refractivity contribution in [2.75, 3.05) is 6.54 Å². The lowest BCUT2D eigenvalue weighted by molar-refractivity contribution is -0.137. The first-order valence-corrected chi connectivity index (χ1v) is 8.99. The highest BCUT2D eigenvalue weighted by molar-refractivity contribution is 5.84. The highest BCUT2D eigenvalue weighted by Gasteiger charge is 2.32. The van der Waals surface area contributed by atoms with E-state index in [9.17, 15) is 9.59 Å². The Hall–Kier alpha value is -2.67. The average Bonchev–Trinajstić information content (AvgIpc) is 3.17. The number of nitrogens with one attached hydrogen (secondary N) is 1. The molecule has 0 bridgehead atoms. The first kappa shape index (κ1) is 16.8. The summed E-state index contributed by atoms with van der Waals surface area (Å²) in [5, 5.41) is 16.7. The Balaban J connectivity index is 1.50. The van der Waals surface area contributed by atoms with Gasteiger partial charge in [-0.1, -0.05) is 24.3 Å². The molecule has 0 saturated carbocycles. The zero-order valence-electron chi connectivity index (χ0n) is 14.5. The maximum Gasteiger partial charge on any atom is 0.303 e. The number of hydrogen-bond donors (Lipinski definition) is 2. The van der Waals surface area contributed by atoms with Crippen LogP contribution < -0.4 is 5.32 Å². The van der Waals surface area contributed by atoms with Gasteiger partial charge in [0.1, 0.15) is 6.04 Å². The number of carboxylic acid groups (broad SMARTS) is 1. The Morgan fingerprint density at radius 1 is 1.27 bits per heavy atom. The number of carbonyl (C=O) groups excluding carboxylic acids is 1. The molecule has 1 atom stereocenters. The van der Waals surface area contributed by atoms with Crippen molar-refractivity contribution >= 4 is 11.9 Å².